The minimum absolute atomic E-state index is 0.269. The summed E-state index contributed by atoms with van der Waals surface area (Å²) < 4.78 is 0. The van der Waals surface area contributed by atoms with Crippen LogP contribution in [0.2, 0.25) is 0 Å². The Labute approximate surface area is 126 Å². The van der Waals surface area contributed by atoms with E-state index in [-0.39, 0.29) is 5.56 Å². The van der Waals surface area contributed by atoms with Gasteiger partial charge in [0.15, 0.2) is 0 Å². The number of fused-ring (bicyclic) bond motifs is 1. The molecule has 0 aliphatic carbocycles. The number of carboxylic acid groups (broad SMARTS) is 1. The van der Waals surface area contributed by atoms with E-state index < -0.39 is 5.97 Å². The van der Waals surface area contributed by atoms with E-state index in [1.807, 2.05) is 18.2 Å². The number of aromatic nitrogens is 1. The van der Waals surface area contributed by atoms with Gasteiger partial charge in [-0.25, -0.2) is 9.78 Å². The van der Waals surface area contributed by atoms with Crippen LogP contribution in [0.3, 0.4) is 0 Å². The van der Waals surface area contributed by atoms with E-state index in [1.165, 1.54) is 11.1 Å². The first kappa shape index (κ1) is 13.6. The minimum Gasteiger partial charge on any atom is -0.478 e. The number of carbonyl (C=O) groups is 1. The summed E-state index contributed by atoms with van der Waals surface area (Å²) in [5, 5.41) is 17.4. The van der Waals surface area contributed by atoms with Crippen molar-refractivity contribution in [3.05, 3.63) is 57.8 Å². The van der Waals surface area contributed by atoms with Crippen LogP contribution >= 0.6 is 11.3 Å². The van der Waals surface area contributed by atoms with Gasteiger partial charge in [-0.3, -0.25) is 0 Å². The van der Waals surface area contributed by atoms with Gasteiger partial charge < -0.3 is 10.4 Å². The molecule has 3 rings (SSSR count). The second-order valence-corrected chi connectivity index (χ2v) is 5.55. The normalized spacial score (nSPS) is 10.7. The largest absolute Gasteiger partial charge is 0.478 e. The van der Waals surface area contributed by atoms with Crippen molar-refractivity contribution in [1.29, 1.82) is 0 Å². The van der Waals surface area contributed by atoms with E-state index in [4.69, 9.17) is 0 Å². The average Bonchev–Trinajstić information content (AvgIpc) is 2.89. The Morgan fingerprint density at radius 3 is 2.86 bits per heavy atom. The fourth-order valence-electron chi connectivity index (χ4n) is 2.20. The Morgan fingerprint density at radius 2 is 2.14 bits per heavy atom. The Bertz CT molecular complexity index is 811. The van der Waals surface area contributed by atoms with Crippen LogP contribution in [0.5, 0.6) is 0 Å². The van der Waals surface area contributed by atoms with Crippen LogP contribution in [0, 0.1) is 6.92 Å². The minimum atomic E-state index is -0.941. The molecule has 2 N–H and O–H groups in total. The third-order valence-corrected chi connectivity index (χ3v) is 4.28. The number of hydrogen-bond acceptors (Lipinski definition) is 4. The van der Waals surface area contributed by atoms with E-state index in [0.717, 1.165) is 0 Å². The highest BCUT2D eigenvalue weighted by Crippen LogP contribution is 2.22. The number of hydrogen-bond donors (Lipinski definition) is 2. The number of anilines is 1. The standard InChI is InChI=1S/C16H14N2O2S/c1-10-8-21-9-11(10)7-17-15-6-13(16(19)20)12-4-2-3-5-14(12)18-15/h2-6,8-9H,7H2,1H3,(H,17,18)(H,19,20). The van der Waals surface area contributed by atoms with Crippen molar-refractivity contribution in [1.82, 2.24) is 4.98 Å². The first-order valence-electron chi connectivity index (χ1n) is 6.54. The fraction of sp³-hybridized carbons (Fsp3) is 0.125. The van der Waals surface area contributed by atoms with Crippen molar-refractivity contribution in [3.63, 3.8) is 0 Å². The molecule has 0 atom stereocenters. The number of para-hydroxylation sites is 1. The zero-order chi connectivity index (χ0) is 14.8. The van der Waals surface area contributed by atoms with Crippen LogP contribution in [0.1, 0.15) is 21.5 Å². The maximum atomic E-state index is 11.4. The van der Waals surface area contributed by atoms with Crippen LogP contribution in [-0.2, 0) is 6.54 Å². The maximum Gasteiger partial charge on any atom is 0.336 e. The highest BCUT2D eigenvalue weighted by molar-refractivity contribution is 7.08. The van der Waals surface area contributed by atoms with Crippen molar-refractivity contribution in [2.24, 2.45) is 0 Å². The van der Waals surface area contributed by atoms with E-state index in [9.17, 15) is 9.90 Å². The van der Waals surface area contributed by atoms with Gasteiger partial charge in [-0.15, -0.1) is 0 Å². The maximum absolute atomic E-state index is 11.4. The first-order chi connectivity index (χ1) is 10.1. The smallest absolute Gasteiger partial charge is 0.336 e. The van der Waals surface area contributed by atoms with Crippen LogP contribution < -0.4 is 5.32 Å². The van der Waals surface area contributed by atoms with Crippen LogP contribution in [0.15, 0.2) is 41.1 Å². The van der Waals surface area contributed by atoms with Crippen molar-refractivity contribution < 1.29 is 9.90 Å². The van der Waals surface area contributed by atoms with Crippen LogP contribution in [0.25, 0.3) is 10.9 Å². The molecular weight excluding hydrogens is 284 g/mol. The van der Waals surface area contributed by atoms with Crippen molar-refractivity contribution >= 4 is 34.0 Å². The highest BCUT2D eigenvalue weighted by atomic mass is 32.1. The predicted molar refractivity (Wildman–Crippen MR) is 85.1 cm³/mol. The Hall–Kier alpha value is -2.40. The lowest BCUT2D eigenvalue weighted by molar-refractivity contribution is 0.0699. The molecule has 0 amide bonds. The van der Waals surface area contributed by atoms with E-state index in [2.05, 4.69) is 28.0 Å². The number of aromatic carboxylic acids is 1. The highest BCUT2D eigenvalue weighted by Gasteiger charge is 2.11. The number of pyridine rings is 1. The Morgan fingerprint density at radius 1 is 1.33 bits per heavy atom. The molecule has 5 heteroatoms. The van der Waals surface area contributed by atoms with Gasteiger partial charge in [0.2, 0.25) is 0 Å². The summed E-state index contributed by atoms with van der Waals surface area (Å²) in [6, 6.07) is 8.86. The van der Waals surface area contributed by atoms with Gasteiger partial charge in [0.1, 0.15) is 5.82 Å². The molecule has 0 saturated carbocycles. The molecule has 4 nitrogen and oxygen atoms in total. The quantitative estimate of drug-likeness (QED) is 0.766. The second-order valence-electron chi connectivity index (χ2n) is 4.81. The second kappa shape index (κ2) is 5.54. The van der Waals surface area contributed by atoms with Crippen molar-refractivity contribution in [3.8, 4) is 0 Å². The summed E-state index contributed by atoms with van der Waals surface area (Å²) in [6.45, 7) is 2.70. The summed E-state index contributed by atoms with van der Waals surface area (Å²) in [4.78, 5) is 15.9. The van der Waals surface area contributed by atoms with Gasteiger partial charge in [-0.2, -0.15) is 11.3 Å². The molecule has 0 bridgehead atoms. The lowest BCUT2D eigenvalue weighted by Crippen LogP contribution is -2.05. The first-order valence-corrected chi connectivity index (χ1v) is 7.48. The monoisotopic (exact) mass is 298 g/mol. The number of rotatable bonds is 4. The van der Waals surface area contributed by atoms with Gasteiger partial charge in [-0.1, -0.05) is 18.2 Å². The lowest BCUT2D eigenvalue weighted by atomic mass is 10.1. The Kier molecular flexibility index (Phi) is 3.58. The number of nitrogens with one attached hydrogen (secondary N) is 1. The summed E-state index contributed by atoms with van der Waals surface area (Å²) in [5.74, 6) is -0.361. The molecule has 0 aliphatic rings. The van der Waals surface area contributed by atoms with Crippen molar-refractivity contribution in [2.45, 2.75) is 13.5 Å². The molecule has 0 spiro atoms. The number of benzene rings is 1. The SMILES string of the molecule is Cc1cscc1CNc1cc(C(=O)O)c2ccccc2n1. The molecule has 2 heterocycles. The van der Waals surface area contributed by atoms with Crippen molar-refractivity contribution in [2.75, 3.05) is 5.32 Å². The molecule has 2 aromatic heterocycles. The van der Waals surface area contributed by atoms with Gasteiger partial charge in [0.05, 0.1) is 11.1 Å². The van der Waals surface area contributed by atoms with Crippen LogP contribution in [-0.4, -0.2) is 16.1 Å². The molecule has 0 fully saturated rings. The third-order valence-electron chi connectivity index (χ3n) is 3.37. The van der Waals surface area contributed by atoms with E-state index >= 15 is 0 Å². The average molecular weight is 298 g/mol. The van der Waals surface area contributed by atoms with Gasteiger partial charge in [0, 0.05) is 11.9 Å². The number of nitrogens with zero attached hydrogens (tertiary/aromatic N) is 1. The zero-order valence-electron chi connectivity index (χ0n) is 11.5. The molecule has 21 heavy (non-hydrogen) atoms. The molecule has 0 unspecified atom stereocenters. The Balaban J connectivity index is 1.95. The topological polar surface area (TPSA) is 62.2 Å². The molecule has 0 saturated heterocycles. The molecular formula is C16H14N2O2S. The number of carboxylic acids is 1. The van der Waals surface area contributed by atoms with E-state index in [0.29, 0.717) is 23.3 Å². The summed E-state index contributed by atoms with van der Waals surface area (Å²) in [6.07, 6.45) is 0. The summed E-state index contributed by atoms with van der Waals surface area (Å²) in [5.41, 5.74) is 3.38. The molecule has 0 aliphatic heterocycles. The van der Waals surface area contributed by atoms with Gasteiger partial charge >= 0.3 is 5.97 Å². The number of aryl methyl sites for hydroxylation is 1. The summed E-state index contributed by atoms with van der Waals surface area (Å²) in [7, 11) is 0. The molecule has 3 aromatic rings. The summed E-state index contributed by atoms with van der Waals surface area (Å²) >= 11 is 1.66. The fourth-order valence-corrected chi connectivity index (χ4v) is 3.05. The predicted octanol–water partition coefficient (Wildman–Crippen LogP) is 3.92. The number of thiophene rings is 1. The molecule has 0 radical (unpaired) electrons. The zero-order valence-corrected chi connectivity index (χ0v) is 12.3. The van der Waals surface area contributed by atoms with E-state index in [1.54, 1.807) is 23.5 Å². The third kappa shape index (κ3) is 2.73. The molecule has 106 valence electrons. The van der Waals surface area contributed by atoms with Gasteiger partial charge in [0.25, 0.3) is 0 Å². The van der Waals surface area contributed by atoms with Gasteiger partial charge in [-0.05, 0) is 40.9 Å². The molecule has 1 aromatic carbocycles. The van der Waals surface area contributed by atoms with Crippen LogP contribution in [0.4, 0.5) is 5.82 Å². The lowest BCUT2D eigenvalue weighted by Gasteiger charge is -2.09.